The fraction of sp³-hybridized carbons (Fsp3) is 0.476. The second kappa shape index (κ2) is 8.46. The van der Waals surface area contributed by atoms with Crippen molar-refractivity contribution >= 4 is 5.91 Å². The number of carbonyl (C=O) groups is 1. The molecule has 2 heterocycles. The van der Waals surface area contributed by atoms with Gasteiger partial charge in [0.15, 0.2) is 5.75 Å². The van der Waals surface area contributed by atoms with Crippen molar-refractivity contribution in [2.75, 3.05) is 27.3 Å². The molecule has 1 amide bonds. The van der Waals surface area contributed by atoms with Gasteiger partial charge in [-0.1, -0.05) is 6.92 Å². The Morgan fingerprint density at radius 1 is 1.14 bits per heavy atom. The summed E-state index contributed by atoms with van der Waals surface area (Å²) in [4.78, 5) is 27.3. The molecular weight excluding hydrogens is 358 g/mol. The number of amides is 1. The predicted octanol–water partition coefficient (Wildman–Crippen LogP) is 2.75. The second-order valence-electron chi connectivity index (χ2n) is 7.26. The molecule has 0 saturated carbocycles. The van der Waals surface area contributed by atoms with Crippen LogP contribution in [0.2, 0.25) is 0 Å². The Hall–Kier alpha value is -2.83. The predicted molar refractivity (Wildman–Crippen MR) is 107 cm³/mol. The van der Waals surface area contributed by atoms with Crippen LogP contribution in [0.1, 0.15) is 32.7 Å². The van der Waals surface area contributed by atoms with Crippen molar-refractivity contribution in [3.8, 4) is 22.8 Å². The Balaban J connectivity index is 1.94. The molecule has 0 bridgehead atoms. The Morgan fingerprint density at radius 2 is 1.79 bits per heavy atom. The molecule has 3 rings (SSSR count). The maximum atomic E-state index is 12.9. The number of carbonyl (C=O) groups excluding carboxylic acids is 1. The average Bonchev–Trinajstić information content (AvgIpc) is 2.73. The van der Waals surface area contributed by atoms with Gasteiger partial charge in [0, 0.05) is 24.7 Å². The molecule has 7 nitrogen and oxygen atoms in total. The number of nitrogens with zero attached hydrogens (tertiary/aromatic N) is 3. The van der Waals surface area contributed by atoms with Crippen molar-refractivity contribution in [2.24, 2.45) is 5.92 Å². The van der Waals surface area contributed by atoms with Crippen LogP contribution >= 0.6 is 0 Å². The van der Waals surface area contributed by atoms with Crippen molar-refractivity contribution in [1.29, 1.82) is 0 Å². The van der Waals surface area contributed by atoms with Gasteiger partial charge in [-0.2, -0.15) is 5.10 Å². The molecule has 1 aromatic heterocycles. The highest BCUT2D eigenvalue weighted by Gasteiger charge is 2.27. The summed E-state index contributed by atoms with van der Waals surface area (Å²) < 4.78 is 11.8. The second-order valence-corrected chi connectivity index (χ2v) is 7.26. The van der Waals surface area contributed by atoms with Gasteiger partial charge in [-0.3, -0.25) is 9.59 Å². The van der Waals surface area contributed by atoms with E-state index in [1.807, 2.05) is 29.2 Å². The number of aromatic nitrogens is 2. The third-order valence-corrected chi connectivity index (χ3v) is 5.32. The van der Waals surface area contributed by atoms with Crippen LogP contribution in [0.4, 0.5) is 0 Å². The van der Waals surface area contributed by atoms with Gasteiger partial charge in [-0.25, -0.2) is 4.68 Å². The summed E-state index contributed by atoms with van der Waals surface area (Å²) >= 11 is 0. The quantitative estimate of drug-likeness (QED) is 0.791. The SMILES string of the molecule is COc1ccc(-c2nn([C@@H](C)C(=O)N3CCC(C)CC3)c(=O)cc2OC)cc1. The molecule has 1 saturated heterocycles. The van der Waals surface area contributed by atoms with Crippen LogP contribution in [0, 0.1) is 5.92 Å². The highest BCUT2D eigenvalue weighted by molar-refractivity contribution is 5.80. The molecule has 1 aliphatic heterocycles. The molecule has 7 heteroatoms. The molecule has 0 spiro atoms. The van der Waals surface area contributed by atoms with E-state index in [4.69, 9.17) is 9.47 Å². The summed E-state index contributed by atoms with van der Waals surface area (Å²) in [6.45, 7) is 5.36. The van der Waals surface area contributed by atoms with Crippen LogP contribution in [0.25, 0.3) is 11.3 Å². The Morgan fingerprint density at radius 3 is 2.36 bits per heavy atom. The summed E-state index contributed by atoms with van der Waals surface area (Å²) in [6, 6.07) is 8.02. The third-order valence-electron chi connectivity index (χ3n) is 5.32. The molecular formula is C21H27N3O4. The van der Waals surface area contributed by atoms with Gasteiger partial charge in [-0.15, -0.1) is 0 Å². The first kappa shape index (κ1) is 19.9. The monoisotopic (exact) mass is 385 g/mol. The number of piperidine rings is 1. The van der Waals surface area contributed by atoms with E-state index in [0.717, 1.165) is 37.2 Å². The Kier molecular flexibility index (Phi) is 6.02. The third kappa shape index (κ3) is 4.03. The zero-order valence-corrected chi connectivity index (χ0v) is 16.8. The van der Waals surface area contributed by atoms with Crippen LogP contribution < -0.4 is 15.0 Å². The summed E-state index contributed by atoms with van der Waals surface area (Å²) in [5.74, 6) is 1.65. The highest BCUT2D eigenvalue weighted by atomic mass is 16.5. The van der Waals surface area contributed by atoms with Gasteiger partial charge < -0.3 is 14.4 Å². The van der Waals surface area contributed by atoms with E-state index in [-0.39, 0.29) is 11.5 Å². The first-order valence-electron chi connectivity index (χ1n) is 9.55. The lowest BCUT2D eigenvalue weighted by molar-refractivity contribution is -0.136. The van der Waals surface area contributed by atoms with E-state index in [1.165, 1.54) is 17.9 Å². The topological polar surface area (TPSA) is 73.7 Å². The molecule has 1 aromatic carbocycles. The number of likely N-dealkylation sites (tertiary alicyclic amines) is 1. The molecule has 1 aliphatic rings. The van der Waals surface area contributed by atoms with E-state index >= 15 is 0 Å². The Bertz CT molecular complexity index is 884. The van der Waals surface area contributed by atoms with Gasteiger partial charge >= 0.3 is 0 Å². The van der Waals surface area contributed by atoms with Gasteiger partial charge in [0.05, 0.1) is 14.2 Å². The van der Waals surface area contributed by atoms with Crippen LogP contribution in [-0.4, -0.2) is 47.9 Å². The zero-order chi connectivity index (χ0) is 20.3. The molecule has 150 valence electrons. The average molecular weight is 385 g/mol. The van der Waals surface area contributed by atoms with Crippen molar-refractivity contribution in [2.45, 2.75) is 32.7 Å². The molecule has 0 N–H and O–H groups in total. The lowest BCUT2D eigenvalue weighted by atomic mass is 9.99. The van der Waals surface area contributed by atoms with Crippen molar-refractivity contribution in [3.63, 3.8) is 0 Å². The summed E-state index contributed by atoms with van der Waals surface area (Å²) in [6.07, 6.45) is 1.97. The lowest BCUT2D eigenvalue weighted by Gasteiger charge is -2.32. The lowest BCUT2D eigenvalue weighted by Crippen LogP contribution is -2.43. The molecule has 2 aromatic rings. The fourth-order valence-corrected chi connectivity index (χ4v) is 3.43. The van der Waals surface area contributed by atoms with E-state index in [2.05, 4.69) is 12.0 Å². The fourth-order valence-electron chi connectivity index (χ4n) is 3.43. The molecule has 0 aliphatic carbocycles. The standard InChI is InChI=1S/C21H27N3O4/c1-14-9-11-23(12-10-14)21(26)15(2)24-19(25)13-18(28-4)20(22-24)16-5-7-17(27-3)8-6-16/h5-8,13-15H,9-12H2,1-4H3/t15-/m0/s1. The van der Waals surface area contributed by atoms with Crippen molar-refractivity contribution in [3.05, 3.63) is 40.7 Å². The first-order chi connectivity index (χ1) is 13.4. The zero-order valence-electron chi connectivity index (χ0n) is 16.8. The summed E-state index contributed by atoms with van der Waals surface area (Å²) in [5, 5.41) is 4.49. The number of rotatable bonds is 5. The van der Waals surface area contributed by atoms with E-state index < -0.39 is 6.04 Å². The van der Waals surface area contributed by atoms with Crippen LogP contribution in [-0.2, 0) is 4.79 Å². The van der Waals surface area contributed by atoms with Gasteiger partial charge in [-0.05, 0) is 49.9 Å². The normalized spacial score (nSPS) is 15.9. The van der Waals surface area contributed by atoms with Crippen molar-refractivity contribution < 1.29 is 14.3 Å². The van der Waals surface area contributed by atoms with Crippen LogP contribution in [0.15, 0.2) is 35.1 Å². The highest BCUT2D eigenvalue weighted by Crippen LogP contribution is 2.28. The number of hydrogen-bond acceptors (Lipinski definition) is 5. The Labute approximate surface area is 164 Å². The number of methoxy groups -OCH3 is 2. The largest absolute Gasteiger partial charge is 0.497 e. The molecule has 0 radical (unpaired) electrons. The minimum Gasteiger partial charge on any atom is -0.497 e. The number of benzene rings is 1. The summed E-state index contributed by atoms with van der Waals surface area (Å²) in [7, 11) is 3.10. The summed E-state index contributed by atoms with van der Waals surface area (Å²) in [5.41, 5.74) is 0.926. The van der Waals surface area contributed by atoms with Crippen LogP contribution in [0.5, 0.6) is 11.5 Å². The molecule has 0 unspecified atom stereocenters. The number of hydrogen-bond donors (Lipinski definition) is 0. The number of ether oxygens (including phenoxy) is 2. The van der Waals surface area contributed by atoms with E-state index in [9.17, 15) is 9.59 Å². The minimum absolute atomic E-state index is 0.0765. The smallest absolute Gasteiger partial charge is 0.271 e. The van der Waals surface area contributed by atoms with Gasteiger partial charge in [0.2, 0.25) is 5.91 Å². The van der Waals surface area contributed by atoms with Gasteiger partial charge in [0.25, 0.3) is 5.56 Å². The van der Waals surface area contributed by atoms with Gasteiger partial charge in [0.1, 0.15) is 17.5 Å². The molecule has 1 fully saturated rings. The molecule has 28 heavy (non-hydrogen) atoms. The van der Waals surface area contributed by atoms with Crippen LogP contribution in [0.3, 0.4) is 0 Å². The van der Waals surface area contributed by atoms with E-state index in [0.29, 0.717) is 17.4 Å². The molecule has 1 atom stereocenters. The van der Waals surface area contributed by atoms with Crippen molar-refractivity contribution in [1.82, 2.24) is 14.7 Å². The van der Waals surface area contributed by atoms with E-state index in [1.54, 1.807) is 14.0 Å². The maximum Gasteiger partial charge on any atom is 0.271 e. The minimum atomic E-state index is -0.677. The first-order valence-corrected chi connectivity index (χ1v) is 9.55. The maximum absolute atomic E-state index is 12.9.